The van der Waals surface area contributed by atoms with Gasteiger partial charge in [-0.15, -0.1) is 0 Å². The van der Waals surface area contributed by atoms with E-state index in [-0.39, 0.29) is 36.1 Å². The number of anilines is 1. The average molecular weight is 462 g/mol. The molecule has 7 nitrogen and oxygen atoms in total. The third-order valence-corrected chi connectivity index (χ3v) is 7.23. The molecule has 0 N–H and O–H groups in total. The number of ether oxygens (including phenoxy) is 1. The van der Waals surface area contributed by atoms with Crippen molar-refractivity contribution < 1.29 is 19.1 Å². The second kappa shape index (κ2) is 8.78. The van der Waals surface area contributed by atoms with Crippen LogP contribution in [0.5, 0.6) is 5.75 Å². The van der Waals surface area contributed by atoms with Crippen LogP contribution in [-0.4, -0.2) is 41.3 Å². The number of likely N-dealkylation sites (tertiary alicyclic amines) is 1. The first-order valence-corrected chi connectivity index (χ1v) is 11.7. The lowest BCUT2D eigenvalue weighted by atomic mass is 9.85. The van der Waals surface area contributed by atoms with Gasteiger partial charge in [-0.05, 0) is 36.6 Å². The van der Waals surface area contributed by atoms with Gasteiger partial charge in [0.2, 0.25) is 17.7 Å². The maximum Gasteiger partial charge on any atom is 0.249 e. The van der Waals surface area contributed by atoms with Crippen molar-refractivity contribution >= 4 is 44.4 Å². The van der Waals surface area contributed by atoms with E-state index in [2.05, 4.69) is 4.98 Å². The van der Waals surface area contributed by atoms with Crippen LogP contribution in [0, 0.1) is 11.8 Å². The van der Waals surface area contributed by atoms with E-state index >= 15 is 0 Å². The monoisotopic (exact) mass is 461 g/mol. The number of aromatic nitrogens is 1. The molecule has 1 fully saturated rings. The van der Waals surface area contributed by atoms with Crippen LogP contribution in [0.4, 0.5) is 5.13 Å². The standard InChI is InChI=1S/C25H23N3O4S/c1-32-17-11-12-20-21(13-17)33-25(26-20)27(14-16-7-3-2-4-8-16)22(29)15-28-23(30)18-9-5-6-10-19(18)24(28)31/h2-8,11-13,18-19H,9-10,14-15H2,1H3. The van der Waals surface area contributed by atoms with Gasteiger partial charge in [0.1, 0.15) is 12.3 Å². The van der Waals surface area contributed by atoms with Crippen LogP contribution in [0.25, 0.3) is 10.2 Å². The second-order valence-corrected chi connectivity index (χ2v) is 9.22. The van der Waals surface area contributed by atoms with Crippen LogP contribution >= 0.6 is 11.3 Å². The van der Waals surface area contributed by atoms with E-state index in [1.54, 1.807) is 12.0 Å². The topological polar surface area (TPSA) is 79.8 Å². The third-order valence-electron chi connectivity index (χ3n) is 6.19. The first-order valence-electron chi connectivity index (χ1n) is 10.8. The molecule has 1 aliphatic heterocycles. The van der Waals surface area contributed by atoms with Gasteiger partial charge < -0.3 is 4.74 Å². The van der Waals surface area contributed by atoms with Crippen molar-refractivity contribution in [2.45, 2.75) is 19.4 Å². The second-order valence-electron chi connectivity index (χ2n) is 8.21. The summed E-state index contributed by atoms with van der Waals surface area (Å²) >= 11 is 1.38. The summed E-state index contributed by atoms with van der Waals surface area (Å²) in [5, 5.41) is 0.519. The Balaban J connectivity index is 1.45. The third kappa shape index (κ3) is 4.02. The Labute approximate surface area is 195 Å². The molecule has 2 aliphatic rings. The number of imide groups is 1. The number of rotatable bonds is 6. The molecule has 0 saturated carbocycles. The Morgan fingerprint density at radius 1 is 1.09 bits per heavy atom. The lowest BCUT2D eigenvalue weighted by Gasteiger charge is -2.23. The molecular formula is C25H23N3O4S. The van der Waals surface area contributed by atoms with E-state index in [4.69, 9.17) is 4.74 Å². The molecule has 33 heavy (non-hydrogen) atoms. The molecule has 5 rings (SSSR count). The molecule has 2 aromatic carbocycles. The fourth-order valence-electron chi connectivity index (χ4n) is 4.41. The van der Waals surface area contributed by atoms with Gasteiger partial charge in [-0.2, -0.15) is 0 Å². The van der Waals surface area contributed by atoms with Crippen molar-refractivity contribution in [3.8, 4) is 5.75 Å². The van der Waals surface area contributed by atoms with Gasteiger partial charge in [-0.3, -0.25) is 24.2 Å². The molecule has 1 saturated heterocycles. The SMILES string of the molecule is COc1ccc2nc(N(Cc3ccccc3)C(=O)CN3C(=O)C4CC=CCC4C3=O)sc2c1. The quantitative estimate of drug-likeness (QED) is 0.412. The zero-order valence-electron chi connectivity index (χ0n) is 18.1. The summed E-state index contributed by atoms with van der Waals surface area (Å²) < 4.78 is 6.19. The van der Waals surface area contributed by atoms with Gasteiger partial charge in [-0.1, -0.05) is 53.8 Å². The molecule has 1 aromatic heterocycles. The number of amides is 3. The number of hydrogen-bond donors (Lipinski definition) is 0. The maximum atomic E-state index is 13.5. The van der Waals surface area contributed by atoms with Crippen LogP contribution in [0.15, 0.2) is 60.7 Å². The van der Waals surface area contributed by atoms with Gasteiger partial charge in [-0.25, -0.2) is 4.98 Å². The Morgan fingerprint density at radius 2 is 1.79 bits per heavy atom. The van der Waals surface area contributed by atoms with E-state index in [0.717, 1.165) is 20.7 Å². The van der Waals surface area contributed by atoms with Crippen LogP contribution in [0.2, 0.25) is 0 Å². The molecule has 168 valence electrons. The highest BCUT2D eigenvalue weighted by molar-refractivity contribution is 7.22. The maximum absolute atomic E-state index is 13.5. The van der Waals surface area contributed by atoms with Gasteiger partial charge in [0.25, 0.3) is 0 Å². The van der Waals surface area contributed by atoms with E-state index in [0.29, 0.717) is 30.3 Å². The van der Waals surface area contributed by atoms with Crippen LogP contribution in [0.1, 0.15) is 18.4 Å². The molecule has 2 atom stereocenters. The number of hydrogen-bond acceptors (Lipinski definition) is 6. The molecule has 0 spiro atoms. The number of carbonyl (C=O) groups excluding carboxylic acids is 3. The van der Waals surface area contributed by atoms with E-state index in [9.17, 15) is 14.4 Å². The highest BCUT2D eigenvalue weighted by atomic mass is 32.1. The summed E-state index contributed by atoms with van der Waals surface area (Å²) in [5.74, 6) is -0.838. The lowest BCUT2D eigenvalue weighted by Crippen LogP contribution is -2.43. The van der Waals surface area contributed by atoms with Gasteiger partial charge in [0, 0.05) is 0 Å². The number of carbonyl (C=O) groups is 3. The fraction of sp³-hybridized carbons (Fsp3) is 0.280. The van der Waals surface area contributed by atoms with Crippen molar-refractivity contribution in [1.82, 2.24) is 9.88 Å². The zero-order valence-corrected chi connectivity index (χ0v) is 19.0. The molecule has 0 radical (unpaired) electrons. The number of nitrogens with zero attached hydrogens (tertiary/aromatic N) is 3. The van der Waals surface area contributed by atoms with Crippen molar-refractivity contribution in [2.75, 3.05) is 18.6 Å². The van der Waals surface area contributed by atoms with Crippen LogP contribution < -0.4 is 9.64 Å². The number of benzene rings is 2. The molecule has 3 amide bonds. The van der Waals surface area contributed by atoms with Crippen molar-refractivity contribution in [3.05, 3.63) is 66.2 Å². The van der Waals surface area contributed by atoms with Gasteiger partial charge in [0.05, 0.1) is 35.7 Å². The van der Waals surface area contributed by atoms with Crippen molar-refractivity contribution in [3.63, 3.8) is 0 Å². The summed E-state index contributed by atoms with van der Waals surface area (Å²) in [6, 6.07) is 15.2. The summed E-state index contributed by atoms with van der Waals surface area (Å²) in [4.78, 5) is 46.6. The highest BCUT2D eigenvalue weighted by Gasteiger charge is 2.48. The highest BCUT2D eigenvalue weighted by Crippen LogP contribution is 2.36. The predicted molar refractivity (Wildman–Crippen MR) is 126 cm³/mol. The van der Waals surface area contributed by atoms with E-state index < -0.39 is 0 Å². The Bertz CT molecular complexity index is 1230. The Morgan fingerprint density at radius 3 is 2.45 bits per heavy atom. The van der Waals surface area contributed by atoms with E-state index in [1.807, 2.05) is 60.7 Å². The normalized spacial score (nSPS) is 19.7. The first-order chi connectivity index (χ1) is 16.0. The first kappa shape index (κ1) is 21.3. The molecule has 2 heterocycles. The molecular weight excluding hydrogens is 438 g/mol. The van der Waals surface area contributed by atoms with E-state index in [1.165, 1.54) is 11.3 Å². The van der Waals surface area contributed by atoms with Crippen molar-refractivity contribution in [2.24, 2.45) is 11.8 Å². The van der Waals surface area contributed by atoms with Crippen LogP contribution in [-0.2, 0) is 20.9 Å². The molecule has 8 heteroatoms. The number of fused-ring (bicyclic) bond motifs is 2. The zero-order chi connectivity index (χ0) is 22.9. The molecule has 0 bridgehead atoms. The van der Waals surface area contributed by atoms with Gasteiger partial charge >= 0.3 is 0 Å². The Kier molecular flexibility index (Phi) is 5.68. The number of methoxy groups -OCH3 is 1. The minimum atomic E-state index is -0.354. The molecule has 3 aromatic rings. The minimum Gasteiger partial charge on any atom is -0.497 e. The Hall–Kier alpha value is -3.52. The largest absolute Gasteiger partial charge is 0.497 e. The smallest absolute Gasteiger partial charge is 0.249 e. The lowest BCUT2D eigenvalue weighted by molar-refractivity contribution is -0.143. The average Bonchev–Trinajstić information content (AvgIpc) is 3.37. The minimum absolute atomic E-state index is 0.253. The van der Waals surface area contributed by atoms with Crippen LogP contribution in [0.3, 0.4) is 0 Å². The molecule has 1 aliphatic carbocycles. The fourth-order valence-corrected chi connectivity index (χ4v) is 5.42. The summed E-state index contributed by atoms with van der Waals surface area (Å²) in [5.41, 5.74) is 1.69. The van der Waals surface area contributed by atoms with Gasteiger partial charge in [0.15, 0.2) is 5.13 Å². The summed E-state index contributed by atoms with van der Waals surface area (Å²) in [6.07, 6.45) is 4.98. The van der Waals surface area contributed by atoms with Crippen molar-refractivity contribution in [1.29, 1.82) is 0 Å². The predicted octanol–water partition coefficient (Wildman–Crippen LogP) is 3.79. The molecule has 2 unspecified atom stereocenters. The summed E-state index contributed by atoms with van der Waals surface area (Å²) in [7, 11) is 1.60. The number of allylic oxidation sites excluding steroid dienone is 2. The summed E-state index contributed by atoms with van der Waals surface area (Å²) in [6.45, 7) is 0.0119. The number of thiazole rings is 1.